The van der Waals surface area contributed by atoms with E-state index in [0.717, 1.165) is 18.4 Å². The van der Waals surface area contributed by atoms with Crippen molar-refractivity contribution in [3.05, 3.63) is 29.8 Å². The second-order valence-corrected chi connectivity index (χ2v) is 7.05. The van der Waals surface area contributed by atoms with Crippen LogP contribution in [0.15, 0.2) is 29.2 Å². The van der Waals surface area contributed by atoms with Crippen molar-refractivity contribution < 1.29 is 44.0 Å². The van der Waals surface area contributed by atoms with Gasteiger partial charge in [0.25, 0.3) is 10.1 Å². The third-order valence-electron chi connectivity index (χ3n) is 3.80. The van der Waals surface area contributed by atoms with Crippen molar-refractivity contribution in [1.29, 1.82) is 0 Å². The first-order chi connectivity index (χ1) is 10.1. The van der Waals surface area contributed by atoms with E-state index in [1.165, 1.54) is 51.0 Å². The molecule has 122 valence electrons. The van der Waals surface area contributed by atoms with Gasteiger partial charge in [-0.2, -0.15) is 8.42 Å². The third kappa shape index (κ3) is 9.31. The summed E-state index contributed by atoms with van der Waals surface area (Å²) in [5.74, 6) is 0. The molecule has 5 heteroatoms. The van der Waals surface area contributed by atoms with Crippen molar-refractivity contribution in [3.63, 3.8) is 0 Å². The maximum atomic E-state index is 11.3. The molecular formula is C17H29NaO3S. The number of benzene rings is 1. The van der Waals surface area contributed by atoms with Crippen LogP contribution in [-0.4, -0.2) is 13.0 Å². The van der Waals surface area contributed by atoms with Crippen LogP contribution in [0.4, 0.5) is 0 Å². The van der Waals surface area contributed by atoms with Crippen molar-refractivity contribution in [2.24, 2.45) is 0 Å². The zero-order chi connectivity index (χ0) is 15.6. The molecule has 0 radical (unpaired) electrons. The fourth-order valence-corrected chi connectivity index (χ4v) is 3.34. The maximum Gasteiger partial charge on any atom is 1.00 e. The third-order valence-corrected chi connectivity index (χ3v) is 4.75. The van der Waals surface area contributed by atoms with Crippen molar-refractivity contribution in [1.82, 2.24) is 0 Å². The summed E-state index contributed by atoms with van der Waals surface area (Å²) in [5.41, 5.74) is 0.725. The van der Waals surface area contributed by atoms with Gasteiger partial charge in [0, 0.05) is 0 Å². The number of aryl methyl sites for hydroxylation is 1. The van der Waals surface area contributed by atoms with Gasteiger partial charge in [0.05, 0.1) is 4.90 Å². The van der Waals surface area contributed by atoms with Crippen LogP contribution in [0.1, 0.15) is 71.7 Å². The first kappa shape index (κ1) is 22.1. The number of hydrogen-bond donors (Lipinski definition) is 1. The fourth-order valence-electron chi connectivity index (χ4n) is 2.59. The van der Waals surface area contributed by atoms with Gasteiger partial charge in [-0.25, -0.2) is 0 Å². The van der Waals surface area contributed by atoms with Gasteiger partial charge in [0.1, 0.15) is 0 Å². The topological polar surface area (TPSA) is 54.4 Å². The summed E-state index contributed by atoms with van der Waals surface area (Å²) in [4.78, 5) is 0.0598. The molecule has 0 aliphatic rings. The van der Waals surface area contributed by atoms with Crippen molar-refractivity contribution >= 4 is 10.1 Å². The molecule has 0 aliphatic heterocycles. The number of unbranched alkanes of at least 4 members (excludes halogenated alkanes) is 8. The maximum absolute atomic E-state index is 11.3. The average molecular weight is 336 g/mol. The van der Waals surface area contributed by atoms with Gasteiger partial charge in [-0.15, -0.1) is 0 Å². The molecule has 1 aromatic rings. The first-order valence-corrected chi connectivity index (χ1v) is 9.55. The van der Waals surface area contributed by atoms with E-state index in [2.05, 4.69) is 6.92 Å². The van der Waals surface area contributed by atoms with Gasteiger partial charge in [-0.05, 0) is 24.5 Å². The molecule has 0 unspecified atom stereocenters. The van der Waals surface area contributed by atoms with E-state index in [1.807, 2.05) is 6.07 Å². The molecule has 3 nitrogen and oxygen atoms in total. The molecule has 0 spiro atoms. The van der Waals surface area contributed by atoms with E-state index in [1.54, 1.807) is 12.1 Å². The second-order valence-electron chi connectivity index (χ2n) is 5.66. The summed E-state index contributed by atoms with van der Waals surface area (Å²) in [7, 11) is -4.09. The monoisotopic (exact) mass is 336 g/mol. The molecule has 0 atom stereocenters. The Morgan fingerprint density at radius 2 is 1.41 bits per heavy atom. The second kappa shape index (κ2) is 12.5. The Morgan fingerprint density at radius 1 is 0.909 bits per heavy atom. The number of hydrogen-bond acceptors (Lipinski definition) is 2. The molecule has 1 aromatic carbocycles. The molecule has 0 fully saturated rings. The Bertz CT molecular complexity index is 506. The zero-order valence-electron chi connectivity index (χ0n) is 15.1. The summed E-state index contributed by atoms with van der Waals surface area (Å²) >= 11 is 0. The molecule has 0 saturated heterocycles. The predicted octanol–water partition coefficient (Wildman–Crippen LogP) is 2.12. The van der Waals surface area contributed by atoms with Crippen LogP contribution in [0.5, 0.6) is 0 Å². The summed E-state index contributed by atoms with van der Waals surface area (Å²) in [5, 5.41) is 0. The molecule has 1 rings (SSSR count). The smallest absolute Gasteiger partial charge is 1.00 e. The van der Waals surface area contributed by atoms with E-state index in [-0.39, 0.29) is 35.9 Å². The van der Waals surface area contributed by atoms with Gasteiger partial charge in [-0.1, -0.05) is 76.5 Å². The van der Waals surface area contributed by atoms with E-state index < -0.39 is 10.1 Å². The normalized spacial score (nSPS) is 11.2. The average Bonchev–Trinajstić information content (AvgIpc) is 2.45. The molecule has 0 heterocycles. The van der Waals surface area contributed by atoms with E-state index >= 15 is 0 Å². The van der Waals surface area contributed by atoms with Gasteiger partial charge < -0.3 is 1.43 Å². The standard InChI is InChI=1S/C17H28O3S.Na.H/c1-2-3-4-5-6-7-8-9-10-13-16-14-11-12-15-17(16)21(18,19)20;;/h11-12,14-15H,2-10,13H2,1H3,(H,18,19,20);;/q;+1;-1. The first-order valence-electron chi connectivity index (χ1n) is 8.11. The minimum Gasteiger partial charge on any atom is -1.00 e. The molecule has 0 saturated carbocycles. The quantitative estimate of drug-likeness (QED) is 0.383. The van der Waals surface area contributed by atoms with Crippen LogP contribution in [0, 0.1) is 0 Å². The Balaban J connectivity index is 0. The summed E-state index contributed by atoms with van der Waals surface area (Å²) in [6, 6.07) is 6.72. The van der Waals surface area contributed by atoms with Crippen LogP contribution in [0.25, 0.3) is 0 Å². The molecule has 22 heavy (non-hydrogen) atoms. The van der Waals surface area contributed by atoms with Gasteiger partial charge in [0.2, 0.25) is 0 Å². The van der Waals surface area contributed by atoms with Crippen molar-refractivity contribution in [2.45, 2.75) is 76.0 Å². The van der Waals surface area contributed by atoms with Crippen LogP contribution in [0.2, 0.25) is 0 Å². The Morgan fingerprint density at radius 3 is 1.95 bits per heavy atom. The van der Waals surface area contributed by atoms with E-state index in [9.17, 15) is 13.0 Å². The Labute approximate surface area is 159 Å². The summed E-state index contributed by atoms with van der Waals surface area (Å²) in [6.45, 7) is 2.23. The Kier molecular flexibility index (Phi) is 12.6. The predicted molar refractivity (Wildman–Crippen MR) is 88.3 cm³/mol. The fraction of sp³-hybridized carbons (Fsp3) is 0.647. The molecular weight excluding hydrogens is 307 g/mol. The molecule has 0 amide bonds. The van der Waals surface area contributed by atoms with Crippen LogP contribution >= 0.6 is 0 Å². The number of rotatable bonds is 11. The van der Waals surface area contributed by atoms with Crippen molar-refractivity contribution in [2.75, 3.05) is 0 Å². The van der Waals surface area contributed by atoms with Gasteiger partial charge >= 0.3 is 29.6 Å². The minimum atomic E-state index is -4.09. The molecule has 0 aromatic heterocycles. The van der Waals surface area contributed by atoms with Crippen LogP contribution in [-0.2, 0) is 16.5 Å². The van der Waals surface area contributed by atoms with E-state index in [4.69, 9.17) is 0 Å². The Hall–Kier alpha value is 0.130. The minimum absolute atomic E-state index is 0. The molecule has 0 aliphatic carbocycles. The molecule has 1 N–H and O–H groups in total. The summed E-state index contributed by atoms with van der Waals surface area (Å²) < 4.78 is 31.7. The van der Waals surface area contributed by atoms with Crippen LogP contribution in [0.3, 0.4) is 0 Å². The largest absolute Gasteiger partial charge is 1.00 e. The molecule has 0 bridgehead atoms. The van der Waals surface area contributed by atoms with E-state index in [0.29, 0.717) is 6.42 Å². The summed E-state index contributed by atoms with van der Waals surface area (Å²) in [6.07, 6.45) is 11.9. The SMILES string of the molecule is CCCCCCCCCCCc1ccccc1S(=O)(=O)O.[H-].[Na+]. The van der Waals surface area contributed by atoms with Gasteiger partial charge in [-0.3, -0.25) is 4.55 Å². The van der Waals surface area contributed by atoms with Crippen LogP contribution < -0.4 is 29.6 Å². The van der Waals surface area contributed by atoms with Gasteiger partial charge in [0.15, 0.2) is 0 Å². The zero-order valence-corrected chi connectivity index (χ0v) is 16.9. The van der Waals surface area contributed by atoms with Crippen molar-refractivity contribution in [3.8, 4) is 0 Å².